The molecule has 0 atom stereocenters. The first-order valence-corrected chi connectivity index (χ1v) is 21.8. The fourth-order valence-corrected chi connectivity index (χ4v) is 14.1. The van der Waals surface area contributed by atoms with Crippen LogP contribution in [0.1, 0.15) is 37.8 Å². The molecule has 2 aromatic rings. The van der Waals surface area contributed by atoms with Crippen LogP contribution in [0.4, 0.5) is 0 Å². The topological polar surface area (TPSA) is 55.4 Å². The first-order chi connectivity index (χ1) is 18.5. The number of hydrogen-bond donors (Lipinski definition) is 0. The van der Waals surface area contributed by atoms with Gasteiger partial charge >= 0.3 is 17.6 Å². The first kappa shape index (κ1) is 33.9. The number of rotatable bonds is 21. The van der Waals surface area contributed by atoms with Crippen LogP contribution in [0.25, 0.3) is 0 Å². The van der Waals surface area contributed by atoms with E-state index in [1.165, 1.54) is 11.1 Å². The molecule has 0 bridgehead atoms. The van der Waals surface area contributed by atoms with Crippen LogP contribution in [0.3, 0.4) is 0 Å². The van der Waals surface area contributed by atoms with Crippen LogP contribution >= 0.6 is 41.2 Å². The minimum Gasteiger partial charge on any atom is -0.501 e. The quantitative estimate of drug-likeness (QED) is 0.0763. The Balaban J connectivity index is 1.62. The van der Waals surface area contributed by atoms with Crippen molar-refractivity contribution in [2.24, 2.45) is 0 Å². The maximum Gasteiger partial charge on any atom is 0.565 e. The third-order valence-electron chi connectivity index (χ3n) is 6.00. The second-order valence-electron chi connectivity index (χ2n) is 8.37. The lowest BCUT2D eigenvalue weighted by molar-refractivity contribution is 0.160. The fraction of sp³-hybridized carbons (Fsp3) is 0.538. The summed E-state index contributed by atoms with van der Waals surface area (Å²) in [4.78, 5) is 0. The van der Waals surface area contributed by atoms with E-state index in [9.17, 15) is 0 Å². The van der Waals surface area contributed by atoms with Gasteiger partial charge in [-0.25, -0.2) is 0 Å². The lowest BCUT2D eigenvalue weighted by atomic mass is 10.2. The van der Waals surface area contributed by atoms with E-state index in [2.05, 4.69) is 38.1 Å². The van der Waals surface area contributed by atoms with Crippen LogP contribution in [-0.2, 0) is 30.5 Å². The molecule has 0 saturated carbocycles. The number of benzene rings is 2. The van der Waals surface area contributed by atoms with Crippen LogP contribution < -0.4 is 8.85 Å². The highest BCUT2D eigenvalue weighted by Crippen LogP contribution is 2.44. The van der Waals surface area contributed by atoms with Crippen molar-refractivity contribution in [2.75, 3.05) is 39.9 Å². The molecule has 0 unspecified atom stereocenters. The SMILES string of the molecule is CCc1ccc(O[Si](CCCSSSSCCC[Si](OC)(OC)Oc2ccc(CC)cc2)(OC)OC)cc1. The Kier molecular flexibility index (Phi) is 16.9. The summed E-state index contributed by atoms with van der Waals surface area (Å²) in [5.74, 6) is 3.62. The minimum absolute atomic E-state index is 0.781. The Morgan fingerprint density at radius 1 is 0.553 bits per heavy atom. The molecule has 2 rings (SSSR count). The van der Waals surface area contributed by atoms with Crippen LogP contribution in [0.5, 0.6) is 11.5 Å². The van der Waals surface area contributed by atoms with Crippen molar-refractivity contribution in [1.29, 1.82) is 0 Å². The number of aryl methyl sites for hydroxylation is 2. The molecule has 12 heteroatoms. The second kappa shape index (κ2) is 18.9. The van der Waals surface area contributed by atoms with Gasteiger partial charge in [0.2, 0.25) is 0 Å². The Bertz CT molecular complexity index is 811. The molecule has 0 aliphatic heterocycles. The summed E-state index contributed by atoms with van der Waals surface area (Å²) in [5, 5.41) is 0. The highest BCUT2D eigenvalue weighted by Gasteiger charge is 2.41. The molecule has 0 saturated heterocycles. The normalized spacial score (nSPS) is 12.1. The summed E-state index contributed by atoms with van der Waals surface area (Å²) in [6.45, 7) is 4.29. The highest BCUT2D eigenvalue weighted by molar-refractivity contribution is 9.26. The van der Waals surface area contributed by atoms with Crippen molar-refractivity contribution >= 4 is 58.8 Å². The smallest absolute Gasteiger partial charge is 0.501 e. The van der Waals surface area contributed by atoms with Crippen molar-refractivity contribution in [1.82, 2.24) is 0 Å². The third kappa shape index (κ3) is 11.7. The predicted octanol–water partition coefficient (Wildman–Crippen LogP) is 8.19. The molecule has 0 aromatic heterocycles. The zero-order valence-electron chi connectivity index (χ0n) is 23.4. The van der Waals surface area contributed by atoms with Gasteiger partial charge in [-0.15, -0.1) is 0 Å². The Labute approximate surface area is 246 Å². The summed E-state index contributed by atoms with van der Waals surface area (Å²) < 4.78 is 35.4. The monoisotopic (exact) mass is 634 g/mol. The van der Waals surface area contributed by atoms with E-state index in [0.717, 1.165) is 60.8 Å². The average Bonchev–Trinajstić information content (AvgIpc) is 2.97. The van der Waals surface area contributed by atoms with Crippen molar-refractivity contribution in [2.45, 2.75) is 51.6 Å². The third-order valence-corrected chi connectivity index (χ3v) is 18.1. The van der Waals surface area contributed by atoms with Gasteiger partial charge in [0.05, 0.1) is 0 Å². The lowest BCUT2D eigenvalue weighted by Crippen LogP contribution is -2.47. The van der Waals surface area contributed by atoms with Gasteiger partial charge in [-0.1, -0.05) is 59.7 Å². The van der Waals surface area contributed by atoms with E-state index in [1.54, 1.807) is 28.4 Å². The molecular weight excluding hydrogens is 593 g/mol. The molecule has 0 aliphatic rings. The zero-order valence-corrected chi connectivity index (χ0v) is 28.6. The van der Waals surface area contributed by atoms with Crippen LogP contribution in [0, 0.1) is 0 Å². The number of hydrogen-bond acceptors (Lipinski definition) is 10. The van der Waals surface area contributed by atoms with E-state index < -0.39 is 17.6 Å². The lowest BCUT2D eigenvalue weighted by Gasteiger charge is -2.27. The Hall–Kier alpha value is -0.286. The largest absolute Gasteiger partial charge is 0.565 e. The maximum atomic E-state index is 6.21. The van der Waals surface area contributed by atoms with Crippen molar-refractivity contribution < 1.29 is 26.6 Å². The molecule has 214 valence electrons. The highest BCUT2D eigenvalue weighted by atomic mass is 33.7. The standard InChI is InChI=1S/C26H42O6S4Si2/c1-7-23-11-15-25(16-12-23)31-37(27-3,28-4)21-9-19-33-35-36-34-20-10-22-38(29-5,30-6)32-26-17-13-24(8-2)14-18-26/h11-18H,7-10,19-22H2,1-6H3. The minimum atomic E-state index is -2.72. The van der Waals surface area contributed by atoms with Gasteiger partial charge in [-0.3, -0.25) is 0 Å². The second-order valence-corrected chi connectivity index (χ2v) is 20.4. The Morgan fingerprint density at radius 2 is 0.895 bits per heavy atom. The Morgan fingerprint density at radius 3 is 1.18 bits per heavy atom. The van der Waals surface area contributed by atoms with E-state index in [4.69, 9.17) is 26.6 Å². The first-order valence-electron chi connectivity index (χ1n) is 12.8. The van der Waals surface area contributed by atoms with Gasteiger partial charge in [0.15, 0.2) is 0 Å². The molecule has 0 N–H and O–H groups in total. The van der Waals surface area contributed by atoms with Gasteiger partial charge < -0.3 is 26.6 Å². The van der Waals surface area contributed by atoms with E-state index in [0.29, 0.717) is 0 Å². The van der Waals surface area contributed by atoms with E-state index >= 15 is 0 Å². The van der Waals surface area contributed by atoms with Gasteiger partial charge in [-0.2, -0.15) is 0 Å². The molecule has 0 aliphatic carbocycles. The molecule has 0 heterocycles. The molecule has 6 nitrogen and oxygen atoms in total. The zero-order chi connectivity index (χ0) is 27.7. The summed E-state index contributed by atoms with van der Waals surface area (Å²) in [6.07, 6.45) is 3.95. The molecule has 0 radical (unpaired) electrons. The van der Waals surface area contributed by atoms with Crippen molar-refractivity contribution in [3.63, 3.8) is 0 Å². The molecule has 0 fully saturated rings. The summed E-state index contributed by atoms with van der Waals surface area (Å²) in [6, 6.07) is 17.9. The average molecular weight is 635 g/mol. The van der Waals surface area contributed by atoms with Crippen molar-refractivity contribution in [3.05, 3.63) is 59.7 Å². The van der Waals surface area contributed by atoms with Gasteiger partial charge in [0.1, 0.15) is 11.5 Å². The van der Waals surface area contributed by atoms with Crippen LogP contribution in [0.15, 0.2) is 48.5 Å². The summed E-state index contributed by atoms with van der Waals surface area (Å²) in [5.41, 5.74) is 2.57. The molecule has 38 heavy (non-hydrogen) atoms. The summed E-state index contributed by atoms with van der Waals surface area (Å²) in [7, 11) is 8.61. The van der Waals surface area contributed by atoms with Gasteiger partial charge in [0, 0.05) is 52.0 Å². The predicted molar refractivity (Wildman–Crippen MR) is 171 cm³/mol. The molecule has 0 amide bonds. The van der Waals surface area contributed by atoms with E-state index in [-0.39, 0.29) is 0 Å². The maximum absolute atomic E-state index is 6.21. The van der Waals surface area contributed by atoms with Crippen LogP contribution in [0.2, 0.25) is 12.1 Å². The molecule has 0 spiro atoms. The van der Waals surface area contributed by atoms with Gasteiger partial charge in [0.25, 0.3) is 0 Å². The molecule has 2 aromatic carbocycles. The summed E-state index contributed by atoms with van der Waals surface area (Å²) >= 11 is 0. The van der Waals surface area contributed by atoms with E-state index in [1.807, 2.05) is 65.5 Å². The van der Waals surface area contributed by atoms with Gasteiger partial charge in [-0.05, 0) is 80.7 Å². The fourth-order valence-electron chi connectivity index (χ4n) is 3.59. The van der Waals surface area contributed by atoms with Crippen molar-refractivity contribution in [3.8, 4) is 11.5 Å². The molecular formula is C26H42O6S4Si2. The van der Waals surface area contributed by atoms with Crippen LogP contribution in [-0.4, -0.2) is 57.6 Å².